The number of nitrogens with zero attached hydrogens (tertiary/aromatic N) is 1. The zero-order valence-electron chi connectivity index (χ0n) is 18.8. The Balaban J connectivity index is 1.80. The summed E-state index contributed by atoms with van der Waals surface area (Å²) in [4.78, 5) is 15.2. The van der Waals surface area contributed by atoms with Crippen LogP contribution in [0.4, 0.5) is 26.3 Å². The molecule has 0 atom stereocenters. The number of rotatable bonds is 10. The quantitative estimate of drug-likeness (QED) is 0.190. The minimum atomic E-state index is -4.49. The Labute approximate surface area is 206 Å². The van der Waals surface area contributed by atoms with Crippen molar-refractivity contribution in [3.8, 4) is 11.5 Å². The summed E-state index contributed by atoms with van der Waals surface area (Å²) in [6.07, 6.45) is -7.80. The molecule has 3 aromatic carbocycles. The van der Waals surface area contributed by atoms with Gasteiger partial charge in [0.15, 0.2) is 11.5 Å². The van der Waals surface area contributed by atoms with Crippen LogP contribution in [0.1, 0.15) is 27.8 Å². The average Bonchev–Trinajstić information content (AvgIpc) is 2.84. The minimum Gasteiger partial charge on any atom is -0.485 e. The third kappa shape index (κ3) is 8.16. The van der Waals surface area contributed by atoms with Gasteiger partial charge in [0.05, 0.1) is 17.3 Å². The van der Waals surface area contributed by atoms with Crippen LogP contribution in [-0.4, -0.2) is 23.9 Å². The van der Waals surface area contributed by atoms with Gasteiger partial charge >= 0.3 is 18.3 Å². The van der Waals surface area contributed by atoms with Crippen molar-refractivity contribution in [3.05, 3.63) is 94.5 Å². The van der Waals surface area contributed by atoms with E-state index in [9.17, 15) is 31.1 Å². The second-order valence-corrected chi connectivity index (χ2v) is 7.54. The van der Waals surface area contributed by atoms with E-state index < -0.39 is 36.1 Å². The number of para-hydroxylation sites is 1. The summed E-state index contributed by atoms with van der Waals surface area (Å²) < 4.78 is 88.3. The number of carboxylic acid groups (broad SMARTS) is 1. The average molecular weight is 527 g/mol. The number of hydrogen-bond donors (Lipinski definition) is 1. The molecule has 0 saturated heterocycles. The maximum atomic E-state index is 12.8. The fourth-order valence-corrected chi connectivity index (χ4v) is 2.99. The first-order valence-electron chi connectivity index (χ1n) is 10.5. The highest BCUT2D eigenvalue weighted by atomic mass is 19.4. The Morgan fingerprint density at radius 1 is 0.784 bits per heavy atom. The molecule has 0 bridgehead atoms. The third-order valence-corrected chi connectivity index (χ3v) is 4.80. The summed E-state index contributed by atoms with van der Waals surface area (Å²) in [7, 11) is 0. The van der Waals surface area contributed by atoms with Crippen LogP contribution in [0, 0.1) is 0 Å². The second-order valence-electron chi connectivity index (χ2n) is 7.54. The summed E-state index contributed by atoms with van der Waals surface area (Å²) in [6, 6.07) is 13.3. The van der Waals surface area contributed by atoms with E-state index in [0.717, 1.165) is 30.5 Å². The summed E-state index contributed by atoms with van der Waals surface area (Å²) >= 11 is 0. The van der Waals surface area contributed by atoms with Crippen molar-refractivity contribution >= 4 is 12.2 Å². The van der Waals surface area contributed by atoms with E-state index in [2.05, 4.69) is 9.99 Å². The van der Waals surface area contributed by atoms with Crippen molar-refractivity contribution in [2.45, 2.75) is 25.6 Å². The second kappa shape index (κ2) is 11.7. The third-order valence-electron chi connectivity index (χ3n) is 4.80. The molecule has 12 heteroatoms. The molecule has 0 fully saturated rings. The molecule has 0 aliphatic heterocycles. The lowest BCUT2D eigenvalue weighted by molar-refractivity contribution is -0.142. The summed E-state index contributed by atoms with van der Waals surface area (Å²) in [5, 5.41) is 12.2. The van der Waals surface area contributed by atoms with Gasteiger partial charge < -0.3 is 19.4 Å². The minimum absolute atomic E-state index is 0.108. The smallest absolute Gasteiger partial charge is 0.416 e. The van der Waals surface area contributed by atoms with E-state index in [1.165, 1.54) is 30.3 Å². The van der Waals surface area contributed by atoms with E-state index in [-0.39, 0.29) is 24.7 Å². The SMILES string of the molecule is O=C(O)CO/N=C/c1cccc(OCc2ccc(C(F)(F)F)cc2)c1OCc1ccc(C(F)(F)F)cc1. The Morgan fingerprint density at radius 2 is 1.30 bits per heavy atom. The molecule has 0 aromatic heterocycles. The van der Waals surface area contributed by atoms with E-state index in [1.807, 2.05) is 0 Å². The molecular formula is C25H19F6NO5. The van der Waals surface area contributed by atoms with Gasteiger partial charge in [-0.05, 0) is 47.5 Å². The number of benzene rings is 3. The summed E-state index contributed by atoms with van der Waals surface area (Å²) in [5.41, 5.74) is -0.486. The Bertz CT molecular complexity index is 1220. The molecule has 0 aliphatic carbocycles. The zero-order valence-corrected chi connectivity index (χ0v) is 18.8. The number of oxime groups is 1. The number of hydrogen-bond acceptors (Lipinski definition) is 5. The molecule has 0 saturated carbocycles. The normalized spacial score (nSPS) is 11.9. The predicted molar refractivity (Wildman–Crippen MR) is 119 cm³/mol. The highest BCUT2D eigenvalue weighted by Gasteiger charge is 2.30. The number of halogens is 6. The fourth-order valence-electron chi connectivity index (χ4n) is 2.99. The van der Waals surface area contributed by atoms with Crippen LogP contribution in [0.5, 0.6) is 11.5 Å². The molecule has 37 heavy (non-hydrogen) atoms. The molecule has 0 aliphatic rings. The van der Waals surface area contributed by atoms with Crippen molar-refractivity contribution in [2.24, 2.45) is 5.16 Å². The van der Waals surface area contributed by atoms with Crippen LogP contribution in [0.25, 0.3) is 0 Å². The van der Waals surface area contributed by atoms with Gasteiger partial charge in [0, 0.05) is 5.56 Å². The van der Waals surface area contributed by atoms with Crippen LogP contribution < -0.4 is 9.47 Å². The van der Waals surface area contributed by atoms with Crippen LogP contribution in [-0.2, 0) is 35.2 Å². The Kier molecular flexibility index (Phi) is 8.64. The van der Waals surface area contributed by atoms with Crippen LogP contribution in [0.15, 0.2) is 71.9 Å². The van der Waals surface area contributed by atoms with E-state index >= 15 is 0 Å². The van der Waals surface area contributed by atoms with Gasteiger partial charge in [0.25, 0.3) is 0 Å². The largest absolute Gasteiger partial charge is 0.485 e. The van der Waals surface area contributed by atoms with Gasteiger partial charge in [0.2, 0.25) is 6.61 Å². The highest BCUT2D eigenvalue weighted by Crippen LogP contribution is 2.34. The van der Waals surface area contributed by atoms with Crippen molar-refractivity contribution < 1.29 is 50.6 Å². The number of ether oxygens (including phenoxy) is 2. The van der Waals surface area contributed by atoms with Crippen LogP contribution >= 0.6 is 0 Å². The van der Waals surface area contributed by atoms with Crippen LogP contribution in [0.2, 0.25) is 0 Å². The Hall–Kier alpha value is -4.22. The molecule has 0 heterocycles. The van der Waals surface area contributed by atoms with Gasteiger partial charge in [-0.25, -0.2) is 4.79 Å². The van der Waals surface area contributed by atoms with E-state index in [0.29, 0.717) is 16.7 Å². The lowest BCUT2D eigenvalue weighted by Gasteiger charge is -2.16. The molecule has 0 amide bonds. The number of carbonyl (C=O) groups is 1. The van der Waals surface area contributed by atoms with Crippen molar-refractivity contribution in [1.29, 1.82) is 0 Å². The van der Waals surface area contributed by atoms with Gasteiger partial charge in [-0.15, -0.1) is 0 Å². The van der Waals surface area contributed by atoms with Crippen molar-refractivity contribution in [2.75, 3.05) is 6.61 Å². The van der Waals surface area contributed by atoms with Gasteiger partial charge in [0.1, 0.15) is 13.2 Å². The Morgan fingerprint density at radius 3 is 1.78 bits per heavy atom. The van der Waals surface area contributed by atoms with Crippen molar-refractivity contribution in [1.82, 2.24) is 0 Å². The zero-order chi connectivity index (χ0) is 27.1. The maximum absolute atomic E-state index is 12.8. The summed E-state index contributed by atoms with van der Waals surface area (Å²) in [6.45, 7) is -0.969. The van der Waals surface area contributed by atoms with E-state index in [4.69, 9.17) is 14.6 Å². The van der Waals surface area contributed by atoms with Crippen molar-refractivity contribution in [3.63, 3.8) is 0 Å². The lowest BCUT2D eigenvalue weighted by Crippen LogP contribution is -2.07. The first-order valence-corrected chi connectivity index (χ1v) is 10.5. The maximum Gasteiger partial charge on any atom is 0.416 e. The van der Waals surface area contributed by atoms with Crippen LogP contribution in [0.3, 0.4) is 0 Å². The molecule has 3 aromatic rings. The van der Waals surface area contributed by atoms with Gasteiger partial charge in [-0.3, -0.25) is 0 Å². The molecule has 0 unspecified atom stereocenters. The predicted octanol–water partition coefficient (Wildman–Crippen LogP) is 6.32. The topological polar surface area (TPSA) is 77.4 Å². The molecule has 0 spiro atoms. The van der Waals surface area contributed by atoms with E-state index in [1.54, 1.807) is 12.1 Å². The standard InChI is InChI=1S/C25H19F6NO5/c26-24(27,28)19-8-4-16(5-9-19)13-35-21-3-1-2-18(12-32-37-15-22(33)34)23(21)36-14-17-6-10-20(11-7-17)25(29,30)31/h1-12H,13-15H2,(H,33,34)/b32-12+. The number of alkyl halides is 6. The van der Waals surface area contributed by atoms with Gasteiger partial charge in [-0.2, -0.15) is 26.3 Å². The molecule has 3 rings (SSSR count). The fraction of sp³-hybridized carbons (Fsp3) is 0.200. The molecule has 196 valence electrons. The number of aliphatic carboxylic acids is 1. The first kappa shape index (κ1) is 27.4. The highest BCUT2D eigenvalue weighted by molar-refractivity contribution is 5.84. The first-order chi connectivity index (χ1) is 17.4. The monoisotopic (exact) mass is 527 g/mol. The molecule has 0 radical (unpaired) electrons. The summed E-state index contributed by atoms with van der Waals surface area (Å²) in [5.74, 6) is -0.976. The van der Waals surface area contributed by atoms with Gasteiger partial charge in [-0.1, -0.05) is 35.5 Å². The number of carboxylic acids is 1. The molecular weight excluding hydrogens is 508 g/mol. The molecule has 6 nitrogen and oxygen atoms in total. The lowest BCUT2D eigenvalue weighted by atomic mass is 10.1. The molecule has 1 N–H and O–H groups in total.